The summed E-state index contributed by atoms with van der Waals surface area (Å²) in [7, 11) is 0. The lowest BCUT2D eigenvalue weighted by Crippen LogP contribution is -2.44. The molecule has 1 aromatic rings. The van der Waals surface area contributed by atoms with Crippen molar-refractivity contribution in [3.05, 3.63) is 35.9 Å². The Kier molecular flexibility index (Phi) is 3.79. The molecule has 3 N–H and O–H groups in total. The summed E-state index contributed by atoms with van der Waals surface area (Å²) in [4.78, 5) is 12.0. The molecule has 1 amide bonds. The van der Waals surface area contributed by atoms with Gasteiger partial charge in [-0.15, -0.1) is 0 Å². The third-order valence-corrected chi connectivity index (χ3v) is 3.67. The molecule has 0 spiro atoms. The third kappa shape index (κ3) is 2.86. The normalized spacial score (nSPS) is 19.2. The molecule has 1 aromatic carbocycles. The number of carbonyl (C=O) groups is 1. The Labute approximate surface area is 102 Å². The van der Waals surface area contributed by atoms with E-state index in [0.717, 1.165) is 5.56 Å². The van der Waals surface area contributed by atoms with Crippen LogP contribution in [0.1, 0.15) is 37.8 Å². The monoisotopic (exact) mass is 232 g/mol. The van der Waals surface area contributed by atoms with E-state index in [1.54, 1.807) is 0 Å². The Bertz CT molecular complexity index is 373. The number of benzene rings is 1. The fraction of sp³-hybridized carbons (Fsp3) is 0.500. The van der Waals surface area contributed by atoms with Crippen molar-refractivity contribution < 1.29 is 4.79 Å². The standard InChI is InChI=1S/C14H20N2O/c1-10(11-8-5-9-11)16-14(17)13(15)12-6-3-2-4-7-12/h2-4,6-7,10-11,13H,5,8-9,15H2,1H3,(H,16,17)/t10?,13-/m1/s1. The second-order valence-electron chi connectivity index (χ2n) is 4.88. The lowest BCUT2D eigenvalue weighted by molar-refractivity contribution is -0.123. The second kappa shape index (κ2) is 5.32. The van der Waals surface area contributed by atoms with Gasteiger partial charge in [-0.3, -0.25) is 4.79 Å². The molecule has 92 valence electrons. The molecule has 1 unspecified atom stereocenters. The van der Waals surface area contributed by atoms with Gasteiger partial charge in [0.1, 0.15) is 6.04 Å². The van der Waals surface area contributed by atoms with Gasteiger partial charge >= 0.3 is 0 Å². The maximum Gasteiger partial charge on any atom is 0.241 e. The number of hydrogen-bond donors (Lipinski definition) is 2. The van der Waals surface area contributed by atoms with Gasteiger partial charge in [0, 0.05) is 6.04 Å². The van der Waals surface area contributed by atoms with E-state index in [1.807, 2.05) is 30.3 Å². The lowest BCUT2D eigenvalue weighted by Gasteiger charge is -2.32. The van der Waals surface area contributed by atoms with Gasteiger partial charge in [0.05, 0.1) is 0 Å². The van der Waals surface area contributed by atoms with E-state index in [9.17, 15) is 4.79 Å². The molecule has 0 aromatic heterocycles. The van der Waals surface area contributed by atoms with Crippen LogP contribution < -0.4 is 11.1 Å². The van der Waals surface area contributed by atoms with E-state index >= 15 is 0 Å². The van der Waals surface area contributed by atoms with Crippen LogP contribution in [0.25, 0.3) is 0 Å². The number of nitrogens with two attached hydrogens (primary N) is 1. The van der Waals surface area contributed by atoms with Crippen LogP contribution in [0.5, 0.6) is 0 Å². The molecule has 3 heteroatoms. The topological polar surface area (TPSA) is 55.1 Å². The van der Waals surface area contributed by atoms with Gasteiger partial charge in [0.25, 0.3) is 0 Å². The number of carbonyl (C=O) groups excluding carboxylic acids is 1. The third-order valence-electron chi connectivity index (χ3n) is 3.67. The summed E-state index contributed by atoms with van der Waals surface area (Å²) in [5.41, 5.74) is 6.80. The average Bonchev–Trinajstić information content (AvgIpc) is 2.26. The summed E-state index contributed by atoms with van der Waals surface area (Å²) in [6.07, 6.45) is 3.74. The Hall–Kier alpha value is -1.35. The van der Waals surface area contributed by atoms with Gasteiger partial charge in [0.2, 0.25) is 5.91 Å². The lowest BCUT2D eigenvalue weighted by atomic mass is 9.80. The summed E-state index contributed by atoms with van der Waals surface area (Å²) in [6, 6.07) is 9.18. The number of nitrogens with one attached hydrogen (secondary N) is 1. The fourth-order valence-electron chi connectivity index (χ4n) is 2.18. The summed E-state index contributed by atoms with van der Waals surface area (Å²) >= 11 is 0. The molecule has 3 nitrogen and oxygen atoms in total. The van der Waals surface area contributed by atoms with Crippen LogP contribution in [0.2, 0.25) is 0 Å². The second-order valence-corrected chi connectivity index (χ2v) is 4.88. The smallest absolute Gasteiger partial charge is 0.241 e. The molecule has 0 heterocycles. The van der Waals surface area contributed by atoms with E-state index < -0.39 is 6.04 Å². The molecule has 2 rings (SSSR count). The summed E-state index contributed by atoms with van der Waals surface area (Å²) in [5.74, 6) is 0.567. The van der Waals surface area contributed by atoms with Gasteiger partial charge in [-0.2, -0.15) is 0 Å². The molecule has 2 atom stereocenters. The molecule has 1 saturated carbocycles. The largest absolute Gasteiger partial charge is 0.352 e. The van der Waals surface area contributed by atoms with E-state index in [0.29, 0.717) is 5.92 Å². The maximum absolute atomic E-state index is 12.0. The number of rotatable bonds is 4. The molecule has 17 heavy (non-hydrogen) atoms. The first-order chi connectivity index (χ1) is 8.18. The first kappa shape index (κ1) is 12.1. The van der Waals surface area contributed by atoms with Crippen LogP contribution in [0, 0.1) is 5.92 Å². The first-order valence-corrected chi connectivity index (χ1v) is 6.29. The molecule has 1 aliphatic carbocycles. The van der Waals surface area contributed by atoms with Crippen molar-refractivity contribution in [2.24, 2.45) is 11.7 Å². The highest BCUT2D eigenvalue weighted by Gasteiger charge is 2.26. The predicted octanol–water partition coefficient (Wildman–Crippen LogP) is 1.99. The summed E-state index contributed by atoms with van der Waals surface area (Å²) in [5, 5.41) is 3.02. The van der Waals surface area contributed by atoms with Crippen LogP contribution in [-0.2, 0) is 4.79 Å². The van der Waals surface area contributed by atoms with Crippen molar-refractivity contribution in [2.45, 2.75) is 38.3 Å². The zero-order valence-electron chi connectivity index (χ0n) is 10.2. The molecular formula is C14H20N2O. The first-order valence-electron chi connectivity index (χ1n) is 6.29. The quantitative estimate of drug-likeness (QED) is 0.834. The van der Waals surface area contributed by atoms with Crippen molar-refractivity contribution in [1.29, 1.82) is 0 Å². The Morgan fingerprint density at radius 3 is 2.53 bits per heavy atom. The molecule has 0 aliphatic heterocycles. The van der Waals surface area contributed by atoms with Gasteiger partial charge in [0.15, 0.2) is 0 Å². The zero-order valence-corrected chi connectivity index (χ0v) is 10.2. The number of amides is 1. The Morgan fingerprint density at radius 2 is 2.00 bits per heavy atom. The molecule has 1 fully saturated rings. The van der Waals surface area contributed by atoms with Crippen LogP contribution in [0.3, 0.4) is 0 Å². The van der Waals surface area contributed by atoms with E-state index in [2.05, 4.69) is 12.2 Å². The highest BCUT2D eigenvalue weighted by Crippen LogP contribution is 2.29. The average molecular weight is 232 g/mol. The molecule has 0 saturated heterocycles. The van der Waals surface area contributed by atoms with Crippen molar-refractivity contribution in [3.63, 3.8) is 0 Å². The fourth-order valence-corrected chi connectivity index (χ4v) is 2.18. The number of hydrogen-bond acceptors (Lipinski definition) is 2. The highest BCUT2D eigenvalue weighted by molar-refractivity contribution is 5.83. The summed E-state index contributed by atoms with van der Waals surface area (Å²) in [6.45, 7) is 2.07. The Morgan fingerprint density at radius 1 is 1.35 bits per heavy atom. The van der Waals surface area contributed by atoms with Crippen LogP contribution in [0.15, 0.2) is 30.3 Å². The molecule has 1 aliphatic rings. The highest BCUT2D eigenvalue weighted by atomic mass is 16.2. The minimum atomic E-state index is -0.557. The van der Waals surface area contributed by atoms with Gasteiger partial charge in [-0.25, -0.2) is 0 Å². The van der Waals surface area contributed by atoms with Crippen molar-refractivity contribution in [3.8, 4) is 0 Å². The SMILES string of the molecule is CC(NC(=O)[C@H](N)c1ccccc1)C1CCC1. The predicted molar refractivity (Wildman–Crippen MR) is 68.3 cm³/mol. The molecule has 0 radical (unpaired) electrons. The van der Waals surface area contributed by atoms with Crippen molar-refractivity contribution in [2.75, 3.05) is 0 Å². The molecular weight excluding hydrogens is 212 g/mol. The van der Waals surface area contributed by atoms with E-state index in [4.69, 9.17) is 5.73 Å². The molecule has 0 bridgehead atoms. The zero-order chi connectivity index (χ0) is 12.3. The summed E-state index contributed by atoms with van der Waals surface area (Å²) < 4.78 is 0. The van der Waals surface area contributed by atoms with Crippen LogP contribution in [0.4, 0.5) is 0 Å². The van der Waals surface area contributed by atoms with Gasteiger partial charge in [-0.1, -0.05) is 36.8 Å². The van der Waals surface area contributed by atoms with Gasteiger partial charge in [-0.05, 0) is 31.2 Å². The van der Waals surface area contributed by atoms with Crippen molar-refractivity contribution in [1.82, 2.24) is 5.32 Å². The van der Waals surface area contributed by atoms with E-state index in [1.165, 1.54) is 19.3 Å². The van der Waals surface area contributed by atoms with Crippen molar-refractivity contribution >= 4 is 5.91 Å². The van der Waals surface area contributed by atoms with Crippen LogP contribution in [-0.4, -0.2) is 11.9 Å². The minimum absolute atomic E-state index is 0.0735. The van der Waals surface area contributed by atoms with Crippen LogP contribution >= 0.6 is 0 Å². The minimum Gasteiger partial charge on any atom is -0.352 e. The van der Waals surface area contributed by atoms with E-state index in [-0.39, 0.29) is 11.9 Å². The van der Waals surface area contributed by atoms with Gasteiger partial charge < -0.3 is 11.1 Å². The maximum atomic E-state index is 12.0. The Balaban J connectivity index is 1.91.